The van der Waals surface area contributed by atoms with Gasteiger partial charge in [-0.05, 0) is 47.2 Å². The Labute approximate surface area is 177 Å². The molecule has 0 bridgehead atoms. The maximum atomic E-state index is 13.3. The molecule has 1 fully saturated rings. The number of hydrogen-bond donors (Lipinski definition) is 1. The van der Waals surface area contributed by atoms with Crippen LogP contribution in [-0.4, -0.2) is 50.3 Å². The van der Waals surface area contributed by atoms with Crippen molar-refractivity contribution >= 4 is 11.9 Å². The van der Waals surface area contributed by atoms with E-state index in [1.54, 1.807) is 25.1 Å². The molecule has 0 saturated carbocycles. The molecule has 0 spiro atoms. The number of nitrogens with one attached hydrogen (secondary N) is 1. The minimum atomic E-state index is -1.24. The number of ether oxygens (including phenoxy) is 2. The first kappa shape index (κ1) is 19.0. The first-order valence-corrected chi connectivity index (χ1v) is 9.93. The molecule has 5 rings (SSSR count). The summed E-state index contributed by atoms with van der Waals surface area (Å²) in [6.45, 7) is 2.71. The standard InChI is InChI=1S/C21H20N6O4/c1-21(14-8-9-16-17(12-14)31-11-5-10-30-16)19(28)26(20(29)22-21)13-18-23-24-25-27(18)15-6-3-2-4-7-15/h2-4,6-9,12H,5,10-11,13H2,1H3,(H,22,29)/t21-/m0/s1. The van der Waals surface area contributed by atoms with Crippen LogP contribution in [0, 0.1) is 0 Å². The van der Waals surface area contributed by atoms with Crippen LogP contribution < -0.4 is 14.8 Å². The number of carbonyl (C=O) groups is 2. The number of nitrogens with zero attached hydrogens (tertiary/aromatic N) is 5. The molecule has 1 N–H and O–H groups in total. The van der Waals surface area contributed by atoms with Crippen LogP contribution in [0.2, 0.25) is 0 Å². The third-order valence-corrected chi connectivity index (χ3v) is 5.43. The summed E-state index contributed by atoms with van der Waals surface area (Å²) in [5.41, 5.74) is 0.104. The second-order valence-corrected chi connectivity index (χ2v) is 7.50. The number of hydrogen-bond acceptors (Lipinski definition) is 7. The second kappa shape index (κ2) is 7.38. The summed E-state index contributed by atoms with van der Waals surface area (Å²) in [5.74, 6) is 1.16. The van der Waals surface area contributed by atoms with E-state index in [-0.39, 0.29) is 6.54 Å². The van der Waals surface area contributed by atoms with E-state index in [0.29, 0.717) is 36.1 Å². The summed E-state index contributed by atoms with van der Waals surface area (Å²) in [7, 11) is 0. The van der Waals surface area contributed by atoms with Crippen molar-refractivity contribution in [2.45, 2.75) is 25.4 Å². The molecule has 10 heteroatoms. The largest absolute Gasteiger partial charge is 0.490 e. The number of para-hydroxylation sites is 1. The molecule has 31 heavy (non-hydrogen) atoms. The molecule has 2 aliphatic rings. The van der Waals surface area contributed by atoms with Crippen molar-refractivity contribution in [1.82, 2.24) is 30.4 Å². The van der Waals surface area contributed by atoms with Crippen molar-refractivity contribution < 1.29 is 19.1 Å². The van der Waals surface area contributed by atoms with Crippen molar-refractivity contribution in [3.63, 3.8) is 0 Å². The van der Waals surface area contributed by atoms with Gasteiger partial charge in [0.1, 0.15) is 5.54 Å². The van der Waals surface area contributed by atoms with Gasteiger partial charge < -0.3 is 14.8 Å². The van der Waals surface area contributed by atoms with Gasteiger partial charge in [-0.1, -0.05) is 24.3 Å². The Balaban J connectivity index is 1.43. The van der Waals surface area contributed by atoms with Crippen molar-refractivity contribution in [3.8, 4) is 17.2 Å². The van der Waals surface area contributed by atoms with Crippen LogP contribution in [-0.2, 0) is 16.9 Å². The Morgan fingerprint density at radius 3 is 2.65 bits per heavy atom. The zero-order chi connectivity index (χ0) is 21.4. The van der Waals surface area contributed by atoms with Crippen molar-refractivity contribution in [2.24, 2.45) is 0 Å². The van der Waals surface area contributed by atoms with Gasteiger partial charge in [-0.15, -0.1) is 5.10 Å². The predicted octanol–water partition coefficient (Wildman–Crippen LogP) is 1.79. The van der Waals surface area contributed by atoms with Crippen LogP contribution in [0.5, 0.6) is 11.5 Å². The number of benzene rings is 2. The quantitative estimate of drug-likeness (QED) is 0.641. The highest BCUT2D eigenvalue weighted by Gasteiger charge is 2.49. The van der Waals surface area contributed by atoms with E-state index in [2.05, 4.69) is 20.8 Å². The maximum absolute atomic E-state index is 13.3. The van der Waals surface area contributed by atoms with Crippen LogP contribution in [0.3, 0.4) is 0 Å². The van der Waals surface area contributed by atoms with Crippen molar-refractivity contribution in [3.05, 3.63) is 59.9 Å². The topological polar surface area (TPSA) is 111 Å². The van der Waals surface area contributed by atoms with Crippen LogP contribution in [0.4, 0.5) is 4.79 Å². The lowest BCUT2D eigenvalue weighted by molar-refractivity contribution is -0.131. The monoisotopic (exact) mass is 420 g/mol. The molecule has 0 aliphatic carbocycles. The average molecular weight is 420 g/mol. The maximum Gasteiger partial charge on any atom is 0.325 e. The molecule has 158 valence electrons. The van der Waals surface area contributed by atoms with E-state index >= 15 is 0 Å². The third kappa shape index (κ3) is 3.25. The Morgan fingerprint density at radius 1 is 1.06 bits per heavy atom. The molecule has 1 saturated heterocycles. The van der Waals surface area contributed by atoms with E-state index in [0.717, 1.165) is 17.0 Å². The van der Waals surface area contributed by atoms with Gasteiger partial charge in [0.15, 0.2) is 17.3 Å². The van der Waals surface area contributed by atoms with Gasteiger partial charge in [-0.3, -0.25) is 9.69 Å². The molecular weight excluding hydrogens is 400 g/mol. The van der Waals surface area contributed by atoms with Gasteiger partial charge in [0.2, 0.25) is 0 Å². The number of urea groups is 1. The van der Waals surface area contributed by atoms with Crippen LogP contribution in [0.25, 0.3) is 5.69 Å². The number of carbonyl (C=O) groups excluding carboxylic acids is 2. The average Bonchev–Trinajstić information content (AvgIpc) is 3.23. The Morgan fingerprint density at radius 2 is 1.84 bits per heavy atom. The molecule has 0 unspecified atom stereocenters. The van der Waals surface area contributed by atoms with Crippen LogP contribution in [0.15, 0.2) is 48.5 Å². The predicted molar refractivity (Wildman–Crippen MR) is 108 cm³/mol. The summed E-state index contributed by atoms with van der Waals surface area (Å²) in [6.07, 6.45) is 0.779. The summed E-state index contributed by atoms with van der Waals surface area (Å²) in [6, 6.07) is 14.0. The lowest BCUT2D eigenvalue weighted by Gasteiger charge is -2.23. The summed E-state index contributed by atoms with van der Waals surface area (Å²) < 4.78 is 12.9. The van der Waals surface area contributed by atoms with Crippen molar-refractivity contribution in [2.75, 3.05) is 13.2 Å². The van der Waals surface area contributed by atoms with E-state index in [4.69, 9.17) is 9.47 Å². The smallest absolute Gasteiger partial charge is 0.325 e. The molecule has 1 aromatic heterocycles. The molecule has 2 aliphatic heterocycles. The van der Waals surface area contributed by atoms with Crippen LogP contribution in [0.1, 0.15) is 24.7 Å². The lowest BCUT2D eigenvalue weighted by atomic mass is 9.91. The van der Waals surface area contributed by atoms with E-state index in [9.17, 15) is 9.59 Å². The second-order valence-electron chi connectivity index (χ2n) is 7.50. The zero-order valence-electron chi connectivity index (χ0n) is 16.8. The van der Waals surface area contributed by atoms with E-state index in [1.165, 1.54) is 4.68 Å². The SMILES string of the molecule is C[C@@]1(c2ccc3c(c2)OCCCO3)NC(=O)N(Cc2nnnn2-c2ccccc2)C1=O. The molecule has 2 aromatic carbocycles. The number of aromatic nitrogens is 4. The fourth-order valence-electron chi connectivity index (χ4n) is 3.73. The van der Waals surface area contributed by atoms with Gasteiger partial charge in [0.25, 0.3) is 5.91 Å². The molecule has 3 aromatic rings. The molecule has 3 amide bonds. The van der Waals surface area contributed by atoms with Gasteiger partial charge in [-0.2, -0.15) is 4.68 Å². The highest BCUT2D eigenvalue weighted by molar-refractivity contribution is 6.07. The number of imide groups is 1. The Hall–Kier alpha value is -3.95. The van der Waals surface area contributed by atoms with Gasteiger partial charge in [0.05, 0.1) is 25.4 Å². The Bertz CT molecular complexity index is 1150. The van der Waals surface area contributed by atoms with E-state index in [1.807, 2.05) is 30.3 Å². The molecule has 10 nitrogen and oxygen atoms in total. The van der Waals surface area contributed by atoms with E-state index < -0.39 is 17.5 Å². The zero-order valence-corrected chi connectivity index (χ0v) is 16.8. The number of amides is 3. The van der Waals surface area contributed by atoms with Crippen molar-refractivity contribution in [1.29, 1.82) is 0 Å². The van der Waals surface area contributed by atoms with Crippen LogP contribution >= 0.6 is 0 Å². The third-order valence-electron chi connectivity index (χ3n) is 5.43. The molecular formula is C21H20N6O4. The summed E-state index contributed by atoms with van der Waals surface area (Å²) in [5, 5.41) is 14.5. The molecule has 0 radical (unpaired) electrons. The minimum absolute atomic E-state index is 0.0628. The normalized spacial score (nSPS) is 20.5. The first-order valence-electron chi connectivity index (χ1n) is 9.93. The van der Waals surface area contributed by atoms with Gasteiger partial charge in [0, 0.05) is 6.42 Å². The minimum Gasteiger partial charge on any atom is -0.490 e. The number of fused-ring (bicyclic) bond motifs is 1. The summed E-state index contributed by atoms with van der Waals surface area (Å²) >= 11 is 0. The fraction of sp³-hybridized carbons (Fsp3) is 0.286. The molecule has 1 atom stereocenters. The lowest BCUT2D eigenvalue weighted by Crippen LogP contribution is -2.40. The summed E-state index contributed by atoms with van der Waals surface area (Å²) in [4.78, 5) is 27.2. The van der Waals surface area contributed by atoms with Gasteiger partial charge in [-0.25, -0.2) is 4.79 Å². The van der Waals surface area contributed by atoms with Gasteiger partial charge >= 0.3 is 6.03 Å². The Kier molecular flexibility index (Phi) is 4.54. The molecule has 3 heterocycles. The fourth-order valence-corrected chi connectivity index (χ4v) is 3.73. The number of rotatable bonds is 4. The highest BCUT2D eigenvalue weighted by atomic mass is 16.5. The number of tetrazole rings is 1. The highest BCUT2D eigenvalue weighted by Crippen LogP contribution is 2.37. The first-order chi connectivity index (χ1) is 15.1.